The third kappa shape index (κ3) is 6.11. The Bertz CT molecular complexity index is 134. The Hall–Kier alpha value is -0.300. The Labute approximate surface area is 71.3 Å². The summed E-state index contributed by atoms with van der Waals surface area (Å²) in [4.78, 5) is 0. The van der Waals surface area contributed by atoms with E-state index < -0.39 is 0 Å². The Morgan fingerprint density at radius 3 is 2.09 bits per heavy atom. The normalized spacial score (nSPS) is 12.2. The zero-order valence-corrected chi connectivity index (χ0v) is 8.65. The van der Waals surface area contributed by atoms with E-state index in [1.807, 2.05) is 0 Å². The molecule has 11 heavy (non-hydrogen) atoms. The minimum Gasteiger partial charge on any atom is -0.325 e. The predicted octanol–water partition coefficient (Wildman–Crippen LogP) is 2.29. The highest BCUT2D eigenvalue weighted by Crippen LogP contribution is 2.07. The summed E-state index contributed by atoms with van der Waals surface area (Å²) in [7, 11) is 4.52. The molecule has 66 valence electrons. The highest BCUT2D eigenvalue weighted by Gasteiger charge is 2.16. The fourth-order valence-corrected chi connectivity index (χ4v) is 1.78. The lowest BCUT2D eigenvalue weighted by molar-refractivity contribution is -0.888. The van der Waals surface area contributed by atoms with Crippen LogP contribution in [-0.2, 0) is 0 Å². The van der Waals surface area contributed by atoms with Gasteiger partial charge in [0.1, 0.15) is 0 Å². The molecule has 0 N–H and O–H groups in total. The van der Waals surface area contributed by atoms with Crippen molar-refractivity contribution >= 4 is 0 Å². The van der Waals surface area contributed by atoms with E-state index in [1.54, 1.807) is 0 Å². The number of nitrogens with zero attached hydrogens (tertiary/aromatic N) is 1. The zero-order valence-electron chi connectivity index (χ0n) is 8.65. The van der Waals surface area contributed by atoms with E-state index in [0.717, 1.165) is 16.9 Å². The molecule has 0 aliphatic heterocycles. The third-order valence-electron chi connectivity index (χ3n) is 1.56. The van der Waals surface area contributed by atoms with Crippen LogP contribution in [0.2, 0.25) is 0 Å². The van der Waals surface area contributed by atoms with E-state index >= 15 is 0 Å². The minimum absolute atomic E-state index is 0.768. The summed E-state index contributed by atoms with van der Waals surface area (Å²) in [6, 6.07) is 0. The van der Waals surface area contributed by atoms with Gasteiger partial charge in [0.05, 0.1) is 27.2 Å². The monoisotopic (exact) mass is 156 g/mol. The van der Waals surface area contributed by atoms with Gasteiger partial charge in [0.15, 0.2) is 0 Å². The molecule has 1 heteroatoms. The SMILES string of the molecule is C=C(C)C[N+](C)(C)CC(C)C. The van der Waals surface area contributed by atoms with Crippen molar-refractivity contribution in [3.05, 3.63) is 12.2 Å². The van der Waals surface area contributed by atoms with Crippen molar-refractivity contribution in [3.63, 3.8) is 0 Å². The van der Waals surface area contributed by atoms with E-state index in [4.69, 9.17) is 0 Å². The maximum absolute atomic E-state index is 3.93. The molecule has 0 fully saturated rings. The zero-order chi connectivity index (χ0) is 9.07. The molecule has 0 spiro atoms. The number of rotatable bonds is 4. The Kier molecular flexibility index (Phi) is 3.81. The van der Waals surface area contributed by atoms with Gasteiger partial charge in [0.25, 0.3) is 0 Å². The van der Waals surface area contributed by atoms with Gasteiger partial charge < -0.3 is 4.48 Å². The van der Waals surface area contributed by atoms with Crippen LogP contribution in [0.4, 0.5) is 0 Å². The van der Waals surface area contributed by atoms with Crippen LogP contribution in [0.25, 0.3) is 0 Å². The van der Waals surface area contributed by atoms with Gasteiger partial charge in [-0.1, -0.05) is 20.4 Å². The first-order valence-electron chi connectivity index (χ1n) is 4.30. The molecule has 0 heterocycles. The van der Waals surface area contributed by atoms with Crippen molar-refractivity contribution in [2.45, 2.75) is 20.8 Å². The number of likely N-dealkylation sites (N-methyl/N-ethyl adjacent to an activating group) is 1. The molecule has 0 rings (SSSR count). The van der Waals surface area contributed by atoms with Gasteiger partial charge >= 0.3 is 0 Å². The van der Waals surface area contributed by atoms with Crippen LogP contribution in [-0.4, -0.2) is 31.7 Å². The first kappa shape index (κ1) is 10.7. The van der Waals surface area contributed by atoms with Gasteiger partial charge in [-0.2, -0.15) is 0 Å². The highest BCUT2D eigenvalue weighted by molar-refractivity contribution is 4.87. The summed E-state index contributed by atoms with van der Waals surface area (Å²) in [6.07, 6.45) is 0. The number of hydrogen-bond acceptors (Lipinski definition) is 0. The molecule has 0 aliphatic rings. The largest absolute Gasteiger partial charge is 0.325 e. The van der Waals surface area contributed by atoms with Gasteiger partial charge in [-0.05, 0) is 12.5 Å². The molecular formula is C10H22N+. The minimum atomic E-state index is 0.768. The molecule has 0 amide bonds. The van der Waals surface area contributed by atoms with E-state index in [0.29, 0.717) is 0 Å². The van der Waals surface area contributed by atoms with Crippen molar-refractivity contribution < 1.29 is 4.48 Å². The van der Waals surface area contributed by atoms with Crippen LogP contribution in [0.15, 0.2) is 12.2 Å². The second kappa shape index (κ2) is 3.91. The highest BCUT2D eigenvalue weighted by atomic mass is 15.3. The Morgan fingerprint density at radius 1 is 1.36 bits per heavy atom. The lowest BCUT2D eigenvalue weighted by Gasteiger charge is -2.31. The summed E-state index contributed by atoms with van der Waals surface area (Å²) < 4.78 is 1.06. The van der Waals surface area contributed by atoms with Crippen LogP contribution >= 0.6 is 0 Å². The first-order valence-corrected chi connectivity index (χ1v) is 4.30. The molecular weight excluding hydrogens is 134 g/mol. The third-order valence-corrected chi connectivity index (χ3v) is 1.56. The fraction of sp³-hybridized carbons (Fsp3) is 0.800. The van der Waals surface area contributed by atoms with Crippen LogP contribution in [0.3, 0.4) is 0 Å². The molecule has 0 saturated carbocycles. The molecule has 0 aromatic heterocycles. The van der Waals surface area contributed by atoms with E-state index in [1.165, 1.54) is 12.1 Å². The maximum Gasteiger partial charge on any atom is 0.0993 e. The first-order chi connectivity index (χ1) is 4.83. The summed E-state index contributed by atoms with van der Waals surface area (Å²) in [6.45, 7) is 12.9. The average Bonchev–Trinajstić information content (AvgIpc) is 1.53. The van der Waals surface area contributed by atoms with Crippen LogP contribution < -0.4 is 0 Å². The van der Waals surface area contributed by atoms with E-state index in [-0.39, 0.29) is 0 Å². The molecule has 0 saturated heterocycles. The number of hydrogen-bond donors (Lipinski definition) is 0. The topological polar surface area (TPSA) is 0 Å². The molecule has 0 unspecified atom stereocenters. The summed E-state index contributed by atoms with van der Waals surface area (Å²) in [5.41, 5.74) is 1.27. The van der Waals surface area contributed by atoms with Crippen molar-refractivity contribution in [1.29, 1.82) is 0 Å². The van der Waals surface area contributed by atoms with Gasteiger partial charge in [-0.25, -0.2) is 0 Å². The molecule has 0 aromatic rings. The van der Waals surface area contributed by atoms with Gasteiger partial charge in [0, 0.05) is 5.92 Å². The molecule has 0 radical (unpaired) electrons. The van der Waals surface area contributed by atoms with Gasteiger partial charge in [-0.3, -0.25) is 0 Å². The Balaban J connectivity index is 3.89. The van der Waals surface area contributed by atoms with Gasteiger partial charge in [-0.15, -0.1) is 0 Å². The summed E-state index contributed by atoms with van der Waals surface area (Å²) in [5.74, 6) is 0.768. The molecule has 1 nitrogen and oxygen atoms in total. The van der Waals surface area contributed by atoms with Crippen LogP contribution in [0, 0.1) is 5.92 Å². The summed E-state index contributed by atoms with van der Waals surface area (Å²) >= 11 is 0. The van der Waals surface area contributed by atoms with Gasteiger partial charge in [0.2, 0.25) is 0 Å². The second-order valence-electron chi connectivity index (χ2n) is 4.63. The average molecular weight is 156 g/mol. The van der Waals surface area contributed by atoms with Crippen molar-refractivity contribution in [2.75, 3.05) is 27.2 Å². The van der Waals surface area contributed by atoms with Crippen LogP contribution in [0.1, 0.15) is 20.8 Å². The van der Waals surface area contributed by atoms with Crippen molar-refractivity contribution in [2.24, 2.45) is 5.92 Å². The lowest BCUT2D eigenvalue weighted by Crippen LogP contribution is -2.43. The van der Waals surface area contributed by atoms with Crippen molar-refractivity contribution in [1.82, 2.24) is 0 Å². The smallest absolute Gasteiger partial charge is 0.0993 e. The van der Waals surface area contributed by atoms with Crippen LogP contribution in [0.5, 0.6) is 0 Å². The van der Waals surface area contributed by atoms with E-state index in [2.05, 4.69) is 41.4 Å². The van der Waals surface area contributed by atoms with E-state index in [9.17, 15) is 0 Å². The quantitative estimate of drug-likeness (QED) is 0.433. The molecule has 0 bridgehead atoms. The standard InChI is InChI=1S/C10H22N/c1-9(2)7-11(5,6)8-10(3)4/h10H,1,7-8H2,2-6H3/q+1. The molecule has 0 aromatic carbocycles. The molecule has 0 aliphatic carbocycles. The lowest BCUT2D eigenvalue weighted by atomic mass is 10.2. The fourth-order valence-electron chi connectivity index (χ4n) is 1.78. The summed E-state index contributed by atoms with van der Waals surface area (Å²) in [5, 5.41) is 0. The predicted molar refractivity (Wildman–Crippen MR) is 51.5 cm³/mol. The number of quaternary nitrogens is 1. The van der Waals surface area contributed by atoms with Crippen molar-refractivity contribution in [3.8, 4) is 0 Å². The maximum atomic E-state index is 3.93. The Morgan fingerprint density at radius 2 is 1.82 bits per heavy atom. The molecule has 0 atom stereocenters. The second-order valence-corrected chi connectivity index (χ2v) is 4.63.